The summed E-state index contributed by atoms with van der Waals surface area (Å²) in [6, 6.07) is 18.2. The van der Waals surface area contributed by atoms with Crippen molar-refractivity contribution in [2.24, 2.45) is 11.8 Å². The Labute approximate surface area is 152 Å². The summed E-state index contributed by atoms with van der Waals surface area (Å²) in [5.41, 5.74) is 3.27. The molecule has 4 nitrogen and oxygen atoms in total. The second-order valence-electron chi connectivity index (χ2n) is 7.49. The van der Waals surface area contributed by atoms with Crippen LogP contribution in [0, 0.1) is 18.8 Å². The standard InChI is InChI=1S/C22H22N2O2/c1-14-6-2-4-8-17(14)21-18-12-23-11-16(18)13-24(21)22(25)20-10-15-7-3-5-9-19(15)26-20/h2-10,16,18,21,23H,11-13H2,1H3/t16-,18-,21-/m0/s1. The van der Waals surface area contributed by atoms with Crippen molar-refractivity contribution >= 4 is 16.9 Å². The number of hydrogen-bond acceptors (Lipinski definition) is 3. The molecule has 1 N–H and O–H groups in total. The average molecular weight is 346 g/mol. The zero-order chi connectivity index (χ0) is 17.7. The first kappa shape index (κ1) is 15.6. The van der Waals surface area contributed by atoms with Gasteiger partial charge in [-0.05, 0) is 36.1 Å². The Balaban J connectivity index is 1.55. The highest BCUT2D eigenvalue weighted by molar-refractivity contribution is 5.96. The molecule has 1 aromatic heterocycles. The lowest BCUT2D eigenvalue weighted by Gasteiger charge is -2.29. The van der Waals surface area contributed by atoms with Crippen LogP contribution >= 0.6 is 0 Å². The van der Waals surface area contributed by atoms with Crippen molar-refractivity contribution < 1.29 is 9.21 Å². The van der Waals surface area contributed by atoms with E-state index in [1.807, 2.05) is 35.2 Å². The maximum atomic E-state index is 13.4. The minimum Gasteiger partial charge on any atom is -0.451 e. The molecule has 2 saturated heterocycles. The van der Waals surface area contributed by atoms with E-state index in [9.17, 15) is 4.79 Å². The van der Waals surface area contributed by atoms with Crippen molar-refractivity contribution in [1.82, 2.24) is 10.2 Å². The van der Waals surface area contributed by atoms with Crippen LogP contribution in [-0.4, -0.2) is 30.4 Å². The Morgan fingerprint density at radius 3 is 2.77 bits per heavy atom. The van der Waals surface area contributed by atoms with Gasteiger partial charge < -0.3 is 14.6 Å². The van der Waals surface area contributed by atoms with Gasteiger partial charge in [-0.2, -0.15) is 0 Å². The van der Waals surface area contributed by atoms with E-state index in [1.54, 1.807) is 0 Å². The third-order valence-corrected chi connectivity index (χ3v) is 5.97. The maximum absolute atomic E-state index is 13.4. The molecule has 2 aliphatic heterocycles. The molecule has 5 rings (SSSR count). The monoisotopic (exact) mass is 346 g/mol. The fourth-order valence-electron chi connectivity index (χ4n) is 4.68. The normalized spacial score (nSPS) is 25.0. The average Bonchev–Trinajstić information content (AvgIpc) is 3.35. The van der Waals surface area contributed by atoms with Crippen LogP contribution < -0.4 is 5.32 Å². The Morgan fingerprint density at radius 1 is 1.12 bits per heavy atom. The van der Waals surface area contributed by atoms with Gasteiger partial charge >= 0.3 is 0 Å². The summed E-state index contributed by atoms with van der Waals surface area (Å²) in [4.78, 5) is 15.4. The van der Waals surface area contributed by atoms with Crippen LogP contribution in [0.4, 0.5) is 0 Å². The van der Waals surface area contributed by atoms with Gasteiger partial charge in [0.25, 0.3) is 5.91 Å². The molecular formula is C22H22N2O2. The summed E-state index contributed by atoms with van der Waals surface area (Å²) in [6.07, 6.45) is 0. The number of likely N-dealkylation sites (tertiary alicyclic amines) is 1. The summed E-state index contributed by atoms with van der Waals surface area (Å²) in [5.74, 6) is 1.42. The van der Waals surface area contributed by atoms with Crippen molar-refractivity contribution in [2.45, 2.75) is 13.0 Å². The number of amides is 1. The molecule has 26 heavy (non-hydrogen) atoms. The highest BCUT2D eigenvalue weighted by atomic mass is 16.3. The van der Waals surface area contributed by atoms with Crippen LogP contribution in [0.25, 0.3) is 11.0 Å². The number of fused-ring (bicyclic) bond motifs is 2. The molecule has 3 aromatic rings. The van der Waals surface area contributed by atoms with Crippen molar-refractivity contribution in [1.29, 1.82) is 0 Å². The van der Waals surface area contributed by atoms with Gasteiger partial charge in [0, 0.05) is 30.9 Å². The summed E-state index contributed by atoms with van der Waals surface area (Å²) in [7, 11) is 0. The smallest absolute Gasteiger partial charge is 0.290 e. The van der Waals surface area contributed by atoms with E-state index in [0.29, 0.717) is 17.6 Å². The molecule has 2 aromatic carbocycles. The number of benzene rings is 2. The summed E-state index contributed by atoms with van der Waals surface area (Å²) in [5, 5.41) is 4.48. The number of rotatable bonds is 2. The lowest BCUT2D eigenvalue weighted by molar-refractivity contribution is 0.0683. The largest absolute Gasteiger partial charge is 0.451 e. The zero-order valence-electron chi connectivity index (χ0n) is 14.8. The second-order valence-corrected chi connectivity index (χ2v) is 7.49. The van der Waals surface area contributed by atoms with E-state index in [-0.39, 0.29) is 11.9 Å². The van der Waals surface area contributed by atoms with E-state index in [2.05, 4.69) is 36.5 Å². The van der Waals surface area contributed by atoms with Crippen LogP contribution in [-0.2, 0) is 0 Å². The van der Waals surface area contributed by atoms with E-state index in [1.165, 1.54) is 11.1 Å². The van der Waals surface area contributed by atoms with Gasteiger partial charge in [0.1, 0.15) is 5.58 Å². The van der Waals surface area contributed by atoms with Crippen molar-refractivity contribution in [2.75, 3.05) is 19.6 Å². The van der Waals surface area contributed by atoms with Gasteiger partial charge in [-0.3, -0.25) is 4.79 Å². The number of nitrogens with zero attached hydrogens (tertiary/aromatic N) is 1. The Bertz CT molecular complexity index is 944. The lowest BCUT2D eigenvalue weighted by Crippen LogP contribution is -2.34. The number of furan rings is 1. The molecular weight excluding hydrogens is 324 g/mol. The van der Waals surface area contributed by atoms with Crippen molar-refractivity contribution in [3.63, 3.8) is 0 Å². The first-order chi connectivity index (χ1) is 12.7. The number of carbonyl (C=O) groups is 1. The van der Waals surface area contributed by atoms with Gasteiger partial charge in [0.05, 0.1) is 6.04 Å². The minimum atomic E-state index is 0.00357. The number of nitrogens with one attached hydrogen (secondary N) is 1. The predicted octanol–water partition coefficient (Wildman–Crippen LogP) is 3.77. The lowest BCUT2D eigenvalue weighted by atomic mass is 9.87. The van der Waals surface area contributed by atoms with E-state index < -0.39 is 0 Å². The van der Waals surface area contributed by atoms with Gasteiger partial charge in [0.2, 0.25) is 0 Å². The number of aryl methyl sites for hydroxylation is 1. The molecule has 0 bridgehead atoms. The highest BCUT2D eigenvalue weighted by Gasteiger charge is 2.47. The Hall–Kier alpha value is -2.59. The third-order valence-electron chi connectivity index (χ3n) is 5.97. The molecule has 4 heteroatoms. The molecule has 0 aliphatic carbocycles. The number of para-hydroxylation sites is 1. The van der Waals surface area contributed by atoms with E-state index >= 15 is 0 Å². The molecule has 3 atom stereocenters. The predicted molar refractivity (Wildman–Crippen MR) is 101 cm³/mol. The molecule has 2 fully saturated rings. The Kier molecular flexibility index (Phi) is 3.61. The quantitative estimate of drug-likeness (QED) is 0.768. The van der Waals surface area contributed by atoms with Crippen LogP contribution in [0.2, 0.25) is 0 Å². The summed E-state index contributed by atoms with van der Waals surface area (Å²) < 4.78 is 5.87. The molecule has 3 heterocycles. The minimum absolute atomic E-state index is 0.00357. The van der Waals surface area contributed by atoms with Crippen LogP contribution in [0.1, 0.15) is 27.7 Å². The fraction of sp³-hybridized carbons (Fsp3) is 0.318. The fourth-order valence-corrected chi connectivity index (χ4v) is 4.68. The Morgan fingerprint density at radius 2 is 1.92 bits per heavy atom. The van der Waals surface area contributed by atoms with Crippen molar-refractivity contribution in [3.05, 3.63) is 71.5 Å². The zero-order valence-corrected chi connectivity index (χ0v) is 14.8. The third kappa shape index (κ3) is 2.36. The maximum Gasteiger partial charge on any atom is 0.290 e. The molecule has 0 spiro atoms. The summed E-state index contributed by atoms with van der Waals surface area (Å²) in [6.45, 7) is 4.87. The van der Waals surface area contributed by atoms with E-state index in [0.717, 1.165) is 30.6 Å². The van der Waals surface area contributed by atoms with E-state index in [4.69, 9.17) is 4.42 Å². The first-order valence-corrected chi connectivity index (χ1v) is 9.28. The topological polar surface area (TPSA) is 45.5 Å². The number of carbonyl (C=O) groups excluding carboxylic acids is 1. The second kappa shape index (κ2) is 5.99. The molecule has 0 radical (unpaired) electrons. The first-order valence-electron chi connectivity index (χ1n) is 9.28. The van der Waals surface area contributed by atoms with Crippen LogP contribution in [0.15, 0.2) is 59.0 Å². The van der Waals surface area contributed by atoms with Gasteiger partial charge in [-0.15, -0.1) is 0 Å². The SMILES string of the molecule is Cc1ccccc1[C@H]1[C@H]2CNC[C@H]2CN1C(=O)c1cc2ccccc2o1. The number of hydrogen-bond donors (Lipinski definition) is 1. The summed E-state index contributed by atoms with van der Waals surface area (Å²) >= 11 is 0. The molecule has 1 amide bonds. The molecule has 2 aliphatic rings. The molecule has 0 saturated carbocycles. The molecule has 0 unspecified atom stereocenters. The van der Waals surface area contributed by atoms with Crippen molar-refractivity contribution in [3.8, 4) is 0 Å². The molecule has 132 valence electrons. The highest BCUT2D eigenvalue weighted by Crippen LogP contribution is 2.44. The van der Waals surface area contributed by atoms with Gasteiger partial charge in [0.15, 0.2) is 5.76 Å². The van der Waals surface area contributed by atoms with Crippen LogP contribution in [0.3, 0.4) is 0 Å². The van der Waals surface area contributed by atoms with Gasteiger partial charge in [-0.25, -0.2) is 0 Å². The van der Waals surface area contributed by atoms with Crippen LogP contribution in [0.5, 0.6) is 0 Å². The van der Waals surface area contributed by atoms with Gasteiger partial charge in [-0.1, -0.05) is 42.5 Å².